The summed E-state index contributed by atoms with van der Waals surface area (Å²) in [6.07, 6.45) is 0. The minimum absolute atomic E-state index is 0.0557. The van der Waals surface area contributed by atoms with Crippen LogP contribution in [-0.2, 0) is 4.79 Å². The van der Waals surface area contributed by atoms with Gasteiger partial charge < -0.3 is 14.5 Å². The molecule has 1 unspecified atom stereocenters. The third-order valence-corrected chi connectivity index (χ3v) is 4.05. The highest BCUT2D eigenvalue weighted by molar-refractivity contribution is 7.19. The molecule has 2 aromatic rings. The van der Waals surface area contributed by atoms with Crippen molar-refractivity contribution < 1.29 is 19.2 Å². The predicted molar refractivity (Wildman–Crippen MR) is 74.0 cm³/mol. The Hall–Kier alpha value is -1.86. The van der Waals surface area contributed by atoms with E-state index in [-0.39, 0.29) is 5.69 Å². The SMILES string of the molecule is CC(C(=O)O)N(C)C(=O)c1cc(-c2ccc(Cl)s2)on1. The fourth-order valence-corrected chi connectivity index (χ4v) is 2.45. The van der Waals surface area contributed by atoms with Crippen LogP contribution in [-0.4, -0.2) is 40.1 Å². The number of likely N-dealkylation sites (N-methyl/N-ethyl adjacent to an activating group) is 1. The van der Waals surface area contributed by atoms with Gasteiger partial charge in [-0.1, -0.05) is 16.8 Å². The number of carbonyl (C=O) groups is 2. The van der Waals surface area contributed by atoms with E-state index >= 15 is 0 Å². The molecule has 1 N–H and O–H groups in total. The third kappa shape index (κ3) is 2.83. The van der Waals surface area contributed by atoms with Gasteiger partial charge in [-0.2, -0.15) is 0 Å². The molecule has 0 aromatic carbocycles. The van der Waals surface area contributed by atoms with Gasteiger partial charge in [0.15, 0.2) is 11.5 Å². The van der Waals surface area contributed by atoms with E-state index in [0.29, 0.717) is 10.1 Å². The second-order valence-electron chi connectivity index (χ2n) is 4.11. The van der Waals surface area contributed by atoms with Gasteiger partial charge in [0.1, 0.15) is 6.04 Å². The van der Waals surface area contributed by atoms with Crippen molar-refractivity contribution in [3.8, 4) is 10.6 Å². The van der Waals surface area contributed by atoms with Crippen molar-refractivity contribution in [3.05, 3.63) is 28.2 Å². The van der Waals surface area contributed by atoms with Crippen molar-refractivity contribution in [1.29, 1.82) is 0 Å². The number of aliphatic carboxylic acids is 1. The lowest BCUT2D eigenvalue weighted by molar-refractivity contribution is -0.141. The smallest absolute Gasteiger partial charge is 0.326 e. The molecule has 0 saturated carbocycles. The summed E-state index contributed by atoms with van der Waals surface area (Å²) in [7, 11) is 1.40. The Morgan fingerprint density at radius 2 is 2.20 bits per heavy atom. The number of hydrogen-bond acceptors (Lipinski definition) is 5. The van der Waals surface area contributed by atoms with Crippen LogP contribution in [0.5, 0.6) is 0 Å². The van der Waals surface area contributed by atoms with Gasteiger partial charge in [-0.3, -0.25) is 4.79 Å². The van der Waals surface area contributed by atoms with E-state index in [1.165, 1.54) is 31.4 Å². The normalized spacial score (nSPS) is 12.2. The number of carboxylic acid groups (broad SMARTS) is 1. The molecule has 0 aliphatic rings. The largest absolute Gasteiger partial charge is 0.480 e. The molecule has 2 aromatic heterocycles. The van der Waals surface area contributed by atoms with Crippen LogP contribution >= 0.6 is 22.9 Å². The summed E-state index contributed by atoms with van der Waals surface area (Å²) in [5.74, 6) is -1.19. The fraction of sp³-hybridized carbons (Fsp3) is 0.250. The van der Waals surface area contributed by atoms with Crippen molar-refractivity contribution in [3.63, 3.8) is 0 Å². The molecular weight excluding hydrogens is 304 g/mol. The Labute approximate surface area is 123 Å². The van der Waals surface area contributed by atoms with Crippen molar-refractivity contribution in [1.82, 2.24) is 10.1 Å². The Balaban J connectivity index is 2.20. The summed E-state index contributed by atoms with van der Waals surface area (Å²) in [6.45, 7) is 1.42. The maximum Gasteiger partial charge on any atom is 0.326 e. The maximum absolute atomic E-state index is 12.1. The zero-order valence-electron chi connectivity index (χ0n) is 10.7. The topological polar surface area (TPSA) is 83.6 Å². The first-order valence-corrected chi connectivity index (χ1v) is 6.82. The molecule has 0 radical (unpaired) electrons. The molecule has 0 aliphatic carbocycles. The summed E-state index contributed by atoms with van der Waals surface area (Å²) < 4.78 is 5.68. The molecule has 2 heterocycles. The number of carboxylic acids is 1. The summed E-state index contributed by atoms with van der Waals surface area (Å²) in [5, 5.41) is 12.6. The molecule has 0 saturated heterocycles. The first-order chi connectivity index (χ1) is 9.40. The average Bonchev–Trinajstić information content (AvgIpc) is 3.04. The van der Waals surface area contributed by atoms with Crippen LogP contribution in [0.4, 0.5) is 0 Å². The van der Waals surface area contributed by atoms with Crippen LogP contribution in [0.25, 0.3) is 10.6 Å². The summed E-state index contributed by atoms with van der Waals surface area (Å²) in [4.78, 5) is 24.7. The molecule has 0 fully saturated rings. The number of carbonyl (C=O) groups excluding carboxylic acids is 1. The van der Waals surface area contributed by atoms with Crippen LogP contribution in [0.15, 0.2) is 22.7 Å². The van der Waals surface area contributed by atoms with Gasteiger partial charge in [0.25, 0.3) is 5.91 Å². The molecule has 8 heteroatoms. The molecule has 1 amide bonds. The van der Waals surface area contributed by atoms with Crippen molar-refractivity contribution in [2.45, 2.75) is 13.0 Å². The van der Waals surface area contributed by atoms with E-state index in [9.17, 15) is 9.59 Å². The summed E-state index contributed by atoms with van der Waals surface area (Å²) in [6, 6.07) is 3.99. The molecule has 106 valence electrons. The van der Waals surface area contributed by atoms with Gasteiger partial charge in [-0.25, -0.2) is 4.79 Å². The van der Waals surface area contributed by atoms with E-state index in [4.69, 9.17) is 21.2 Å². The monoisotopic (exact) mass is 314 g/mol. The number of rotatable bonds is 4. The van der Waals surface area contributed by atoms with Crippen molar-refractivity contribution >= 4 is 34.8 Å². The second-order valence-corrected chi connectivity index (χ2v) is 5.83. The zero-order chi connectivity index (χ0) is 14.9. The molecule has 2 rings (SSSR count). The first-order valence-electron chi connectivity index (χ1n) is 5.62. The summed E-state index contributed by atoms with van der Waals surface area (Å²) >= 11 is 7.12. The molecule has 0 spiro atoms. The Morgan fingerprint density at radius 3 is 2.75 bits per heavy atom. The zero-order valence-corrected chi connectivity index (χ0v) is 12.2. The number of hydrogen-bond donors (Lipinski definition) is 1. The molecule has 20 heavy (non-hydrogen) atoms. The highest BCUT2D eigenvalue weighted by atomic mass is 35.5. The van der Waals surface area contributed by atoms with Gasteiger partial charge in [0.2, 0.25) is 0 Å². The Morgan fingerprint density at radius 1 is 1.50 bits per heavy atom. The lowest BCUT2D eigenvalue weighted by Gasteiger charge is -2.19. The van der Waals surface area contributed by atoms with Crippen molar-refractivity contribution in [2.75, 3.05) is 7.05 Å². The van der Waals surface area contributed by atoms with E-state index in [0.717, 1.165) is 9.78 Å². The van der Waals surface area contributed by atoms with E-state index in [2.05, 4.69) is 5.16 Å². The number of amides is 1. The number of nitrogens with zero attached hydrogens (tertiary/aromatic N) is 2. The van der Waals surface area contributed by atoms with E-state index < -0.39 is 17.9 Å². The van der Waals surface area contributed by atoms with Gasteiger partial charge in [-0.05, 0) is 19.1 Å². The summed E-state index contributed by atoms with van der Waals surface area (Å²) in [5.41, 5.74) is 0.0557. The number of aromatic nitrogens is 1. The van der Waals surface area contributed by atoms with E-state index in [1.807, 2.05) is 0 Å². The quantitative estimate of drug-likeness (QED) is 0.937. The van der Waals surface area contributed by atoms with Gasteiger partial charge in [0, 0.05) is 13.1 Å². The van der Waals surface area contributed by atoms with Gasteiger partial charge in [0.05, 0.1) is 9.21 Å². The van der Waals surface area contributed by atoms with E-state index in [1.54, 1.807) is 12.1 Å². The highest BCUT2D eigenvalue weighted by Crippen LogP contribution is 2.31. The Kier molecular flexibility index (Phi) is 4.10. The number of halogens is 1. The lowest BCUT2D eigenvalue weighted by Crippen LogP contribution is -2.40. The third-order valence-electron chi connectivity index (χ3n) is 2.80. The fourth-order valence-electron chi connectivity index (χ4n) is 1.46. The lowest BCUT2D eigenvalue weighted by atomic mass is 10.2. The minimum Gasteiger partial charge on any atom is -0.480 e. The molecule has 1 atom stereocenters. The minimum atomic E-state index is -1.09. The average molecular weight is 315 g/mol. The van der Waals surface area contributed by atoms with Crippen LogP contribution < -0.4 is 0 Å². The molecule has 6 nitrogen and oxygen atoms in total. The van der Waals surface area contributed by atoms with Crippen LogP contribution in [0.2, 0.25) is 4.34 Å². The Bertz CT molecular complexity index is 651. The van der Waals surface area contributed by atoms with Crippen LogP contribution in [0.3, 0.4) is 0 Å². The molecule has 0 aliphatic heterocycles. The maximum atomic E-state index is 12.1. The molecule has 0 bridgehead atoms. The van der Waals surface area contributed by atoms with Crippen LogP contribution in [0, 0.1) is 0 Å². The van der Waals surface area contributed by atoms with Crippen molar-refractivity contribution in [2.24, 2.45) is 0 Å². The molecular formula is C12H11ClN2O4S. The number of thiophene rings is 1. The second kappa shape index (κ2) is 5.64. The van der Waals surface area contributed by atoms with Crippen LogP contribution in [0.1, 0.15) is 17.4 Å². The first kappa shape index (κ1) is 14.5. The van der Waals surface area contributed by atoms with Gasteiger partial charge in [-0.15, -0.1) is 11.3 Å². The standard InChI is InChI=1S/C12H11ClN2O4S/c1-6(12(17)18)15(2)11(16)7-5-8(19-14-7)9-3-4-10(13)20-9/h3-6H,1-2H3,(H,17,18). The highest BCUT2D eigenvalue weighted by Gasteiger charge is 2.25. The van der Waals surface area contributed by atoms with Gasteiger partial charge >= 0.3 is 5.97 Å². The predicted octanol–water partition coefficient (Wildman–Crippen LogP) is 2.60.